The Labute approximate surface area is 146 Å². The van der Waals surface area contributed by atoms with Gasteiger partial charge >= 0.3 is 0 Å². The largest absolute Gasteiger partial charge is 0.354 e. The predicted octanol–water partition coefficient (Wildman–Crippen LogP) is 6.53. The number of aromatic amines is 1. The molecule has 0 bridgehead atoms. The zero-order chi connectivity index (χ0) is 15.8. The summed E-state index contributed by atoms with van der Waals surface area (Å²) in [6.45, 7) is 0. The minimum absolute atomic E-state index is 0.770. The van der Waals surface area contributed by atoms with E-state index in [-0.39, 0.29) is 0 Å². The highest BCUT2D eigenvalue weighted by molar-refractivity contribution is 6.30. The van der Waals surface area contributed by atoms with Crippen LogP contribution in [0.1, 0.15) is 24.0 Å². The maximum atomic E-state index is 6.04. The van der Waals surface area contributed by atoms with Gasteiger partial charge in [-0.3, -0.25) is 0 Å². The highest BCUT2D eigenvalue weighted by Crippen LogP contribution is 2.38. The van der Waals surface area contributed by atoms with Crippen molar-refractivity contribution in [1.29, 1.82) is 0 Å². The van der Waals surface area contributed by atoms with Crippen molar-refractivity contribution >= 4 is 23.2 Å². The van der Waals surface area contributed by atoms with Crippen LogP contribution in [0.4, 0.5) is 0 Å². The molecule has 23 heavy (non-hydrogen) atoms. The van der Waals surface area contributed by atoms with Crippen molar-refractivity contribution in [1.82, 2.24) is 4.98 Å². The van der Waals surface area contributed by atoms with Gasteiger partial charge in [-0.05, 0) is 72.2 Å². The maximum Gasteiger partial charge on any atom is 0.0494 e. The molecule has 116 valence electrons. The number of benzene rings is 2. The maximum absolute atomic E-state index is 6.04. The molecule has 0 saturated carbocycles. The smallest absolute Gasteiger partial charge is 0.0494 e. The first-order valence-corrected chi connectivity index (χ1v) is 8.73. The molecular weight excluding hydrogens is 325 g/mol. The molecule has 4 rings (SSSR count). The van der Waals surface area contributed by atoms with E-state index in [4.69, 9.17) is 23.2 Å². The third-order valence-corrected chi connectivity index (χ3v) is 5.09. The van der Waals surface area contributed by atoms with E-state index in [2.05, 4.69) is 29.2 Å². The van der Waals surface area contributed by atoms with E-state index < -0.39 is 0 Å². The number of halogens is 2. The van der Waals surface area contributed by atoms with Crippen LogP contribution in [0.15, 0.2) is 48.5 Å². The Morgan fingerprint density at radius 2 is 1.00 bits per heavy atom. The van der Waals surface area contributed by atoms with Gasteiger partial charge in [-0.2, -0.15) is 0 Å². The van der Waals surface area contributed by atoms with Crippen molar-refractivity contribution < 1.29 is 0 Å². The second-order valence-electron chi connectivity index (χ2n) is 6.05. The lowest BCUT2D eigenvalue weighted by Gasteiger charge is -2.14. The summed E-state index contributed by atoms with van der Waals surface area (Å²) in [6.07, 6.45) is 4.78. The van der Waals surface area contributed by atoms with Crippen LogP contribution in [-0.2, 0) is 12.8 Å². The number of hydrogen-bond donors (Lipinski definition) is 1. The average Bonchev–Trinajstić information content (AvgIpc) is 2.96. The number of hydrogen-bond acceptors (Lipinski definition) is 0. The number of H-pyrrole nitrogens is 1. The first-order valence-electron chi connectivity index (χ1n) is 7.98. The highest BCUT2D eigenvalue weighted by Gasteiger charge is 2.21. The molecule has 0 saturated heterocycles. The van der Waals surface area contributed by atoms with Crippen LogP contribution in [0.2, 0.25) is 10.0 Å². The molecule has 0 radical (unpaired) electrons. The molecule has 0 spiro atoms. The molecule has 1 N–H and O–H groups in total. The molecule has 1 aliphatic rings. The molecule has 1 aromatic heterocycles. The lowest BCUT2D eigenvalue weighted by molar-refractivity contribution is 0.692. The number of fused-ring (bicyclic) bond motifs is 1. The van der Waals surface area contributed by atoms with Crippen molar-refractivity contribution in [2.75, 3.05) is 0 Å². The molecule has 0 unspecified atom stereocenters. The highest BCUT2D eigenvalue weighted by atomic mass is 35.5. The quantitative estimate of drug-likeness (QED) is 0.545. The SMILES string of the molecule is Clc1ccc(-c2[nH]c(-c3ccc(Cl)cc3)c3c2CCCC3)cc1. The van der Waals surface area contributed by atoms with Gasteiger partial charge in [-0.1, -0.05) is 47.5 Å². The molecule has 0 fully saturated rings. The van der Waals surface area contributed by atoms with Gasteiger partial charge in [0.2, 0.25) is 0 Å². The van der Waals surface area contributed by atoms with Crippen molar-refractivity contribution in [2.45, 2.75) is 25.7 Å². The van der Waals surface area contributed by atoms with Gasteiger partial charge in [0.05, 0.1) is 0 Å². The Balaban J connectivity index is 1.87. The van der Waals surface area contributed by atoms with E-state index in [1.54, 1.807) is 0 Å². The van der Waals surface area contributed by atoms with E-state index in [1.165, 1.54) is 46.5 Å². The minimum atomic E-state index is 0.770. The predicted molar refractivity (Wildman–Crippen MR) is 98.3 cm³/mol. The standard InChI is InChI=1S/C20H17Cl2N/c21-15-9-5-13(6-10-15)19-17-3-1-2-4-18(17)20(23-19)14-7-11-16(22)12-8-14/h5-12,23H,1-4H2. The van der Waals surface area contributed by atoms with Crippen molar-refractivity contribution in [2.24, 2.45) is 0 Å². The first kappa shape index (κ1) is 14.9. The van der Waals surface area contributed by atoms with Crippen molar-refractivity contribution in [3.05, 3.63) is 69.7 Å². The second kappa shape index (κ2) is 6.07. The molecule has 1 aliphatic carbocycles. The van der Waals surface area contributed by atoms with Gasteiger partial charge in [0.15, 0.2) is 0 Å². The molecule has 3 heteroatoms. The van der Waals surface area contributed by atoms with Crippen molar-refractivity contribution in [3.63, 3.8) is 0 Å². The fraction of sp³-hybridized carbons (Fsp3) is 0.200. The monoisotopic (exact) mass is 341 g/mol. The summed E-state index contributed by atoms with van der Waals surface area (Å²) in [6, 6.07) is 16.2. The lowest BCUT2D eigenvalue weighted by atomic mass is 9.89. The summed E-state index contributed by atoms with van der Waals surface area (Å²) >= 11 is 12.1. The van der Waals surface area contributed by atoms with Crippen LogP contribution in [0, 0.1) is 0 Å². The molecule has 1 heterocycles. The zero-order valence-electron chi connectivity index (χ0n) is 12.7. The van der Waals surface area contributed by atoms with Gasteiger partial charge in [0.25, 0.3) is 0 Å². The van der Waals surface area contributed by atoms with Crippen LogP contribution in [-0.4, -0.2) is 4.98 Å². The zero-order valence-corrected chi connectivity index (χ0v) is 14.2. The Kier molecular flexibility index (Phi) is 3.92. The molecule has 2 aromatic carbocycles. The molecule has 3 aromatic rings. The van der Waals surface area contributed by atoms with E-state index >= 15 is 0 Å². The van der Waals surface area contributed by atoms with Crippen LogP contribution in [0.25, 0.3) is 22.5 Å². The van der Waals surface area contributed by atoms with E-state index in [9.17, 15) is 0 Å². The summed E-state index contributed by atoms with van der Waals surface area (Å²) in [5.41, 5.74) is 7.80. The van der Waals surface area contributed by atoms with Gasteiger partial charge < -0.3 is 4.98 Å². The molecule has 0 atom stereocenters. The summed E-state index contributed by atoms with van der Waals surface area (Å²) in [5, 5.41) is 1.54. The van der Waals surface area contributed by atoms with Crippen LogP contribution >= 0.6 is 23.2 Å². The Bertz CT molecular complexity index is 759. The van der Waals surface area contributed by atoms with Crippen LogP contribution in [0.3, 0.4) is 0 Å². The minimum Gasteiger partial charge on any atom is -0.354 e. The Morgan fingerprint density at radius 1 is 0.609 bits per heavy atom. The normalized spacial score (nSPS) is 13.8. The lowest BCUT2D eigenvalue weighted by Crippen LogP contribution is -2.01. The van der Waals surface area contributed by atoms with Gasteiger partial charge in [-0.25, -0.2) is 0 Å². The van der Waals surface area contributed by atoms with Gasteiger partial charge in [0, 0.05) is 21.4 Å². The average molecular weight is 342 g/mol. The number of nitrogens with one attached hydrogen (secondary N) is 1. The third-order valence-electron chi connectivity index (χ3n) is 4.59. The molecule has 0 aliphatic heterocycles. The third kappa shape index (κ3) is 2.80. The fourth-order valence-corrected chi connectivity index (χ4v) is 3.71. The van der Waals surface area contributed by atoms with E-state index in [0.717, 1.165) is 22.9 Å². The Hall–Kier alpha value is -1.70. The van der Waals surface area contributed by atoms with Crippen LogP contribution in [0.5, 0.6) is 0 Å². The van der Waals surface area contributed by atoms with Gasteiger partial charge in [-0.15, -0.1) is 0 Å². The van der Waals surface area contributed by atoms with Gasteiger partial charge in [0.1, 0.15) is 0 Å². The topological polar surface area (TPSA) is 15.8 Å². The summed E-state index contributed by atoms with van der Waals surface area (Å²) in [4.78, 5) is 3.68. The summed E-state index contributed by atoms with van der Waals surface area (Å²) < 4.78 is 0. The second-order valence-corrected chi connectivity index (χ2v) is 6.93. The number of aromatic nitrogens is 1. The van der Waals surface area contributed by atoms with Crippen molar-refractivity contribution in [3.8, 4) is 22.5 Å². The first-order chi connectivity index (χ1) is 11.2. The Morgan fingerprint density at radius 3 is 1.39 bits per heavy atom. The summed E-state index contributed by atoms with van der Waals surface area (Å²) in [5.74, 6) is 0. The molecule has 1 nitrogen and oxygen atoms in total. The van der Waals surface area contributed by atoms with E-state index in [1.807, 2.05) is 24.3 Å². The molecule has 0 amide bonds. The molecular formula is C20H17Cl2N. The fourth-order valence-electron chi connectivity index (χ4n) is 3.46. The number of rotatable bonds is 2. The van der Waals surface area contributed by atoms with Crippen LogP contribution < -0.4 is 0 Å². The summed E-state index contributed by atoms with van der Waals surface area (Å²) in [7, 11) is 0. The van der Waals surface area contributed by atoms with E-state index in [0.29, 0.717) is 0 Å².